The molecule has 0 bridgehead atoms. The summed E-state index contributed by atoms with van der Waals surface area (Å²) in [5.41, 5.74) is 1.97. The van der Waals surface area contributed by atoms with Gasteiger partial charge in [-0.15, -0.1) is 0 Å². The van der Waals surface area contributed by atoms with Crippen molar-refractivity contribution in [2.75, 3.05) is 11.9 Å². The Bertz CT molecular complexity index is 895. The Morgan fingerprint density at radius 2 is 2.00 bits per heavy atom. The molecule has 0 unspecified atom stereocenters. The van der Waals surface area contributed by atoms with Gasteiger partial charge in [-0.2, -0.15) is 0 Å². The molecular weight excluding hydrogens is 356 g/mol. The summed E-state index contributed by atoms with van der Waals surface area (Å²) in [5.74, 6) is 1.39. The van der Waals surface area contributed by atoms with Gasteiger partial charge in [0.05, 0.1) is 11.0 Å². The molecule has 1 saturated heterocycles. The maximum absolute atomic E-state index is 12.8. The largest absolute Gasteiger partial charge is 0.444 e. The summed E-state index contributed by atoms with van der Waals surface area (Å²) < 4.78 is 5.44. The third-order valence-corrected chi connectivity index (χ3v) is 5.44. The summed E-state index contributed by atoms with van der Waals surface area (Å²) in [6.07, 6.45) is 4.64. The molecule has 1 aliphatic carbocycles. The second kappa shape index (κ2) is 7.11. The molecule has 2 aliphatic rings. The van der Waals surface area contributed by atoms with Gasteiger partial charge in [-0.25, -0.2) is 9.78 Å². The first-order valence-corrected chi connectivity index (χ1v) is 10.1. The highest BCUT2D eigenvalue weighted by atomic mass is 16.6. The van der Waals surface area contributed by atoms with E-state index in [2.05, 4.69) is 15.3 Å². The maximum Gasteiger partial charge on any atom is 0.410 e. The van der Waals surface area contributed by atoms with Gasteiger partial charge in [0.25, 0.3) is 0 Å². The molecule has 2 heterocycles. The molecule has 1 aliphatic heterocycles. The number of amides is 2. The van der Waals surface area contributed by atoms with E-state index in [1.54, 1.807) is 0 Å². The predicted molar refractivity (Wildman–Crippen MR) is 107 cm³/mol. The van der Waals surface area contributed by atoms with Crippen LogP contribution < -0.4 is 5.32 Å². The zero-order valence-electron chi connectivity index (χ0n) is 16.7. The average Bonchev–Trinajstić information content (AvgIpc) is 3.17. The van der Waals surface area contributed by atoms with E-state index in [0.717, 1.165) is 23.3 Å². The van der Waals surface area contributed by atoms with E-state index >= 15 is 0 Å². The van der Waals surface area contributed by atoms with Gasteiger partial charge in [0, 0.05) is 18.2 Å². The summed E-state index contributed by atoms with van der Waals surface area (Å²) in [6.45, 7) is 6.02. The van der Waals surface area contributed by atoms with Crippen LogP contribution in [-0.2, 0) is 9.53 Å². The molecule has 1 saturated carbocycles. The number of ether oxygens (including phenoxy) is 1. The minimum absolute atomic E-state index is 0.179. The Hall–Kier alpha value is -2.57. The van der Waals surface area contributed by atoms with Crippen molar-refractivity contribution in [3.8, 4) is 0 Å². The van der Waals surface area contributed by atoms with E-state index in [1.165, 1.54) is 24.2 Å². The SMILES string of the molecule is CC(C)(C)OC(=O)N1CCC[C@H]1C(=O)Nc1ccc2nc(C3CCC3)[nH]c2c1. The fourth-order valence-corrected chi connectivity index (χ4v) is 3.79. The molecule has 2 amide bonds. The van der Waals surface area contributed by atoms with E-state index in [-0.39, 0.29) is 5.91 Å². The number of nitrogens with one attached hydrogen (secondary N) is 2. The molecule has 1 aromatic carbocycles. The highest BCUT2D eigenvalue weighted by Crippen LogP contribution is 2.35. The third-order valence-electron chi connectivity index (χ3n) is 5.44. The van der Waals surface area contributed by atoms with Crippen LogP contribution >= 0.6 is 0 Å². The van der Waals surface area contributed by atoms with E-state index < -0.39 is 17.7 Å². The highest BCUT2D eigenvalue weighted by molar-refractivity contribution is 5.98. The second-order valence-corrected chi connectivity index (χ2v) is 8.80. The number of hydrogen-bond donors (Lipinski definition) is 2. The molecule has 7 nitrogen and oxygen atoms in total. The molecule has 1 atom stereocenters. The van der Waals surface area contributed by atoms with E-state index in [1.807, 2.05) is 39.0 Å². The van der Waals surface area contributed by atoms with Crippen LogP contribution in [0.1, 0.15) is 64.6 Å². The van der Waals surface area contributed by atoms with Gasteiger partial charge in [-0.05, 0) is 64.7 Å². The van der Waals surface area contributed by atoms with E-state index in [4.69, 9.17) is 4.74 Å². The second-order valence-electron chi connectivity index (χ2n) is 8.80. The number of benzene rings is 1. The number of fused-ring (bicyclic) bond motifs is 1. The monoisotopic (exact) mass is 384 g/mol. The lowest BCUT2D eigenvalue weighted by Crippen LogP contribution is -2.45. The summed E-state index contributed by atoms with van der Waals surface area (Å²) in [5, 5.41) is 2.95. The van der Waals surface area contributed by atoms with Crippen LogP contribution in [0.15, 0.2) is 18.2 Å². The number of likely N-dealkylation sites (tertiary alicyclic amines) is 1. The van der Waals surface area contributed by atoms with Gasteiger partial charge in [0.1, 0.15) is 17.5 Å². The standard InChI is InChI=1S/C21H28N4O3/c1-21(2,3)28-20(27)25-11-5-8-17(25)19(26)22-14-9-10-15-16(12-14)24-18(23-15)13-6-4-7-13/h9-10,12-13,17H,4-8,11H2,1-3H3,(H,22,26)(H,23,24)/t17-/m0/s1. The number of imidazole rings is 1. The number of anilines is 1. The first kappa shape index (κ1) is 18.8. The van der Waals surface area contributed by atoms with Crippen molar-refractivity contribution in [1.29, 1.82) is 0 Å². The molecule has 0 radical (unpaired) electrons. The highest BCUT2D eigenvalue weighted by Gasteiger charge is 2.36. The number of carbonyl (C=O) groups excluding carboxylic acids is 2. The van der Waals surface area contributed by atoms with Crippen molar-refractivity contribution in [3.63, 3.8) is 0 Å². The Morgan fingerprint density at radius 1 is 1.21 bits per heavy atom. The smallest absolute Gasteiger partial charge is 0.410 e. The number of hydrogen-bond acceptors (Lipinski definition) is 4. The summed E-state index contributed by atoms with van der Waals surface area (Å²) in [6, 6.07) is 5.19. The van der Waals surface area contributed by atoms with Gasteiger partial charge in [0.2, 0.25) is 5.91 Å². The van der Waals surface area contributed by atoms with Crippen LogP contribution in [0.3, 0.4) is 0 Å². The molecule has 2 aromatic rings. The summed E-state index contributed by atoms with van der Waals surface area (Å²) >= 11 is 0. The number of carbonyl (C=O) groups is 2. The van der Waals surface area contributed by atoms with Crippen molar-refractivity contribution in [1.82, 2.24) is 14.9 Å². The number of H-pyrrole nitrogens is 1. The van der Waals surface area contributed by atoms with Crippen molar-refractivity contribution in [2.24, 2.45) is 0 Å². The van der Waals surface area contributed by atoms with Gasteiger partial charge >= 0.3 is 6.09 Å². The van der Waals surface area contributed by atoms with Crippen molar-refractivity contribution in [2.45, 2.75) is 70.4 Å². The maximum atomic E-state index is 12.8. The van der Waals surface area contributed by atoms with Crippen LogP contribution in [0.2, 0.25) is 0 Å². The van der Waals surface area contributed by atoms with Gasteiger partial charge in [0.15, 0.2) is 0 Å². The third kappa shape index (κ3) is 3.84. The molecule has 4 rings (SSSR count). The molecule has 28 heavy (non-hydrogen) atoms. The van der Waals surface area contributed by atoms with Crippen LogP contribution in [0.25, 0.3) is 11.0 Å². The molecule has 150 valence electrons. The average molecular weight is 384 g/mol. The van der Waals surface area contributed by atoms with E-state index in [0.29, 0.717) is 24.6 Å². The number of aromatic amines is 1. The molecule has 2 fully saturated rings. The predicted octanol–water partition coefficient (Wildman–Crippen LogP) is 4.17. The van der Waals surface area contributed by atoms with Crippen LogP contribution in [0.5, 0.6) is 0 Å². The first-order valence-electron chi connectivity index (χ1n) is 10.1. The zero-order valence-corrected chi connectivity index (χ0v) is 16.7. The lowest BCUT2D eigenvalue weighted by atomic mass is 9.85. The molecule has 0 spiro atoms. The van der Waals surface area contributed by atoms with Crippen molar-refractivity contribution in [3.05, 3.63) is 24.0 Å². The van der Waals surface area contributed by atoms with Gasteiger partial charge in [-0.3, -0.25) is 9.69 Å². The number of rotatable bonds is 3. The summed E-state index contributed by atoms with van der Waals surface area (Å²) in [4.78, 5) is 34.8. The number of nitrogens with zero attached hydrogens (tertiary/aromatic N) is 2. The number of aromatic nitrogens is 2. The lowest BCUT2D eigenvalue weighted by molar-refractivity contribution is -0.120. The zero-order chi connectivity index (χ0) is 19.9. The first-order chi connectivity index (χ1) is 13.3. The minimum atomic E-state index is -0.579. The quantitative estimate of drug-likeness (QED) is 0.831. The summed E-state index contributed by atoms with van der Waals surface area (Å²) in [7, 11) is 0. The van der Waals surface area contributed by atoms with Gasteiger partial charge in [-0.1, -0.05) is 6.42 Å². The Kier molecular flexibility index (Phi) is 4.77. The lowest BCUT2D eigenvalue weighted by Gasteiger charge is -2.28. The Morgan fingerprint density at radius 3 is 2.68 bits per heavy atom. The molecule has 7 heteroatoms. The fraction of sp³-hybridized carbons (Fsp3) is 0.571. The van der Waals surface area contributed by atoms with Crippen LogP contribution in [0.4, 0.5) is 10.5 Å². The van der Waals surface area contributed by atoms with Crippen LogP contribution in [0, 0.1) is 0 Å². The molecule has 2 N–H and O–H groups in total. The molecular formula is C21H28N4O3. The van der Waals surface area contributed by atoms with Gasteiger partial charge < -0.3 is 15.0 Å². The topological polar surface area (TPSA) is 87.3 Å². The molecule has 1 aromatic heterocycles. The van der Waals surface area contributed by atoms with Crippen molar-refractivity contribution >= 4 is 28.7 Å². The van der Waals surface area contributed by atoms with E-state index in [9.17, 15) is 9.59 Å². The fourth-order valence-electron chi connectivity index (χ4n) is 3.79. The van der Waals surface area contributed by atoms with Crippen molar-refractivity contribution < 1.29 is 14.3 Å². The Balaban J connectivity index is 1.45. The Labute approximate surface area is 164 Å². The normalized spacial score (nSPS) is 20.2. The van der Waals surface area contributed by atoms with Crippen LogP contribution in [-0.4, -0.2) is 45.1 Å². The minimum Gasteiger partial charge on any atom is -0.444 e.